The maximum absolute atomic E-state index is 6.36. The molecule has 2 aliphatic carbocycles. The van der Waals surface area contributed by atoms with Crippen LogP contribution in [0.2, 0.25) is 0 Å². The molecule has 2 atom stereocenters. The molecule has 1 spiro atoms. The minimum Gasteiger partial charge on any atom is -0.374 e. The Morgan fingerprint density at radius 3 is 2.50 bits per heavy atom. The van der Waals surface area contributed by atoms with Gasteiger partial charge in [0, 0.05) is 11.6 Å². The third-order valence-electron chi connectivity index (χ3n) is 5.73. The van der Waals surface area contributed by atoms with Gasteiger partial charge in [0.15, 0.2) is 0 Å². The first-order chi connectivity index (χ1) is 8.51. The molecule has 2 nitrogen and oxygen atoms in total. The van der Waals surface area contributed by atoms with Crippen molar-refractivity contribution in [2.75, 3.05) is 6.61 Å². The Hall–Kier alpha value is -0.0800. The Labute approximate surface area is 112 Å². The number of hydrogen-bond donors (Lipinski definition) is 1. The van der Waals surface area contributed by atoms with Crippen LogP contribution in [0.3, 0.4) is 0 Å². The van der Waals surface area contributed by atoms with Crippen LogP contribution in [0.5, 0.6) is 0 Å². The second-order valence-corrected chi connectivity index (χ2v) is 7.83. The lowest BCUT2D eigenvalue weighted by atomic mass is 9.69. The van der Waals surface area contributed by atoms with Gasteiger partial charge in [0.25, 0.3) is 0 Å². The molecule has 3 rings (SSSR count). The molecule has 0 bridgehead atoms. The number of rotatable bonds is 0. The zero-order valence-corrected chi connectivity index (χ0v) is 12.3. The molecule has 1 aliphatic heterocycles. The summed E-state index contributed by atoms with van der Waals surface area (Å²) in [5.41, 5.74) is 0.681. The average molecular weight is 251 g/mol. The van der Waals surface area contributed by atoms with Crippen molar-refractivity contribution < 1.29 is 4.74 Å². The van der Waals surface area contributed by atoms with Crippen LogP contribution in [0.1, 0.15) is 65.7 Å². The van der Waals surface area contributed by atoms with Crippen molar-refractivity contribution in [3.8, 4) is 0 Å². The lowest BCUT2D eigenvalue weighted by Gasteiger charge is -2.54. The first-order valence-electron chi connectivity index (χ1n) is 7.90. The predicted molar refractivity (Wildman–Crippen MR) is 74.7 cm³/mol. The van der Waals surface area contributed by atoms with E-state index >= 15 is 0 Å². The minimum absolute atomic E-state index is 0.321. The van der Waals surface area contributed by atoms with E-state index in [4.69, 9.17) is 4.74 Å². The van der Waals surface area contributed by atoms with Crippen molar-refractivity contribution in [2.24, 2.45) is 11.3 Å². The van der Waals surface area contributed by atoms with Crippen molar-refractivity contribution >= 4 is 0 Å². The van der Waals surface area contributed by atoms with Crippen molar-refractivity contribution in [1.82, 2.24) is 5.32 Å². The maximum Gasteiger partial charge on any atom is 0.0779 e. The highest BCUT2D eigenvalue weighted by molar-refractivity contribution is 5.04. The van der Waals surface area contributed by atoms with Gasteiger partial charge in [-0.05, 0) is 49.9 Å². The number of morpholine rings is 1. The van der Waals surface area contributed by atoms with E-state index in [0.717, 1.165) is 12.5 Å². The van der Waals surface area contributed by atoms with Crippen LogP contribution in [-0.4, -0.2) is 24.3 Å². The molecule has 1 heterocycles. The van der Waals surface area contributed by atoms with Gasteiger partial charge < -0.3 is 10.1 Å². The van der Waals surface area contributed by atoms with E-state index in [1.54, 1.807) is 0 Å². The molecule has 0 aromatic heterocycles. The van der Waals surface area contributed by atoms with Crippen molar-refractivity contribution in [3.05, 3.63) is 0 Å². The Morgan fingerprint density at radius 2 is 1.78 bits per heavy atom. The van der Waals surface area contributed by atoms with Crippen LogP contribution in [0.4, 0.5) is 0 Å². The van der Waals surface area contributed by atoms with E-state index < -0.39 is 0 Å². The Bertz CT molecular complexity index is 304. The molecule has 1 saturated heterocycles. The van der Waals surface area contributed by atoms with Gasteiger partial charge in [-0.25, -0.2) is 0 Å². The molecular formula is C16H29NO. The predicted octanol–water partition coefficient (Wildman–Crippen LogP) is 3.50. The Balaban J connectivity index is 1.70. The summed E-state index contributed by atoms with van der Waals surface area (Å²) in [5, 5.41) is 4.02. The molecule has 0 radical (unpaired) electrons. The van der Waals surface area contributed by atoms with Crippen LogP contribution < -0.4 is 5.32 Å². The van der Waals surface area contributed by atoms with Gasteiger partial charge in [0.05, 0.1) is 12.7 Å². The maximum atomic E-state index is 6.36. The fourth-order valence-corrected chi connectivity index (χ4v) is 4.39. The van der Waals surface area contributed by atoms with Crippen molar-refractivity contribution in [2.45, 2.75) is 83.4 Å². The van der Waals surface area contributed by atoms with E-state index in [0.29, 0.717) is 23.1 Å². The van der Waals surface area contributed by atoms with E-state index in [1.807, 2.05) is 0 Å². The standard InChI is InChI=1S/C16H29NO/c1-12-6-9-16(10-7-12)11-18-14-13(17-16)5-4-8-15(14,2)3/h12-14,17H,4-11H2,1-3H3. The topological polar surface area (TPSA) is 21.3 Å². The zero-order chi connectivity index (χ0) is 12.8. The van der Waals surface area contributed by atoms with E-state index in [9.17, 15) is 0 Å². The summed E-state index contributed by atoms with van der Waals surface area (Å²) in [4.78, 5) is 0. The highest BCUT2D eigenvalue weighted by atomic mass is 16.5. The number of ether oxygens (including phenoxy) is 1. The molecule has 2 heteroatoms. The monoisotopic (exact) mass is 251 g/mol. The van der Waals surface area contributed by atoms with Gasteiger partial charge in [0.1, 0.15) is 0 Å². The second kappa shape index (κ2) is 4.49. The smallest absolute Gasteiger partial charge is 0.0779 e. The summed E-state index contributed by atoms with van der Waals surface area (Å²) in [6.45, 7) is 8.10. The van der Waals surface area contributed by atoms with Gasteiger partial charge in [-0.1, -0.05) is 27.2 Å². The largest absolute Gasteiger partial charge is 0.374 e. The van der Waals surface area contributed by atoms with Gasteiger partial charge in [0.2, 0.25) is 0 Å². The van der Waals surface area contributed by atoms with Gasteiger partial charge in [-0.3, -0.25) is 0 Å². The van der Waals surface area contributed by atoms with Crippen molar-refractivity contribution in [1.29, 1.82) is 0 Å². The minimum atomic E-state index is 0.321. The van der Waals surface area contributed by atoms with Crippen LogP contribution in [-0.2, 0) is 4.74 Å². The quantitative estimate of drug-likeness (QED) is 0.711. The lowest BCUT2D eigenvalue weighted by Crippen LogP contribution is -2.67. The Kier molecular flexibility index (Phi) is 3.22. The SMILES string of the molecule is CC1CCC2(CC1)COC1C(CCCC1(C)C)N2. The molecule has 0 amide bonds. The summed E-state index contributed by atoms with van der Waals surface area (Å²) < 4.78 is 6.36. The van der Waals surface area contributed by atoms with Gasteiger partial charge >= 0.3 is 0 Å². The number of hydrogen-bond acceptors (Lipinski definition) is 2. The summed E-state index contributed by atoms with van der Waals surface area (Å²) >= 11 is 0. The highest BCUT2D eigenvalue weighted by Crippen LogP contribution is 2.43. The van der Waals surface area contributed by atoms with Crippen LogP contribution >= 0.6 is 0 Å². The van der Waals surface area contributed by atoms with Crippen LogP contribution in [0.25, 0.3) is 0 Å². The van der Waals surface area contributed by atoms with E-state index in [2.05, 4.69) is 26.1 Å². The number of nitrogens with one attached hydrogen (secondary N) is 1. The molecule has 0 aromatic rings. The zero-order valence-electron chi connectivity index (χ0n) is 12.3. The molecule has 3 aliphatic rings. The first-order valence-corrected chi connectivity index (χ1v) is 7.90. The third kappa shape index (κ3) is 2.22. The fraction of sp³-hybridized carbons (Fsp3) is 1.00. The lowest BCUT2D eigenvalue weighted by molar-refractivity contribution is -0.138. The normalized spacial score (nSPS) is 47.8. The summed E-state index contributed by atoms with van der Waals surface area (Å²) in [5.74, 6) is 0.915. The van der Waals surface area contributed by atoms with Gasteiger partial charge in [-0.15, -0.1) is 0 Å². The van der Waals surface area contributed by atoms with Crippen LogP contribution in [0, 0.1) is 11.3 Å². The Morgan fingerprint density at radius 1 is 1.06 bits per heavy atom. The molecule has 0 aromatic carbocycles. The number of fused-ring (bicyclic) bond motifs is 1. The van der Waals surface area contributed by atoms with Crippen LogP contribution in [0.15, 0.2) is 0 Å². The average Bonchev–Trinajstić information content (AvgIpc) is 2.33. The molecular weight excluding hydrogens is 222 g/mol. The molecule has 1 N–H and O–H groups in total. The molecule has 2 unspecified atom stereocenters. The summed E-state index contributed by atoms with van der Waals surface area (Å²) in [6.07, 6.45) is 9.81. The molecule has 3 fully saturated rings. The second-order valence-electron chi connectivity index (χ2n) is 7.83. The first kappa shape index (κ1) is 12.9. The van der Waals surface area contributed by atoms with E-state index in [1.165, 1.54) is 44.9 Å². The highest BCUT2D eigenvalue weighted by Gasteiger charge is 2.48. The molecule has 2 saturated carbocycles. The summed E-state index contributed by atoms with van der Waals surface area (Å²) in [6, 6.07) is 0.607. The van der Waals surface area contributed by atoms with E-state index in [-0.39, 0.29) is 0 Å². The van der Waals surface area contributed by atoms with Gasteiger partial charge in [-0.2, -0.15) is 0 Å². The van der Waals surface area contributed by atoms with Crippen molar-refractivity contribution in [3.63, 3.8) is 0 Å². The molecule has 104 valence electrons. The fourth-order valence-electron chi connectivity index (χ4n) is 4.39. The molecule has 18 heavy (non-hydrogen) atoms. The third-order valence-corrected chi connectivity index (χ3v) is 5.73. The summed E-state index contributed by atoms with van der Waals surface area (Å²) in [7, 11) is 0.